The Kier molecular flexibility index (Phi) is 8.32. The van der Waals surface area contributed by atoms with Crippen molar-refractivity contribution >= 4 is 18.1 Å². The summed E-state index contributed by atoms with van der Waals surface area (Å²) in [6.45, 7) is 10.4. The number of carbonyl (C=O) groups is 2. The Morgan fingerprint density at radius 3 is 2.41 bits per heavy atom. The number of hydrogen-bond donors (Lipinski definition) is 0. The predicted octanol–water partition coefficient (Wildman–Crippen LogP) is 5.56. The third-order valence-electron chi connectivity index (χ3n) is 7.08. The van der Waals surface area contributed by atoms with Gasteiger partial charge in [0.15, 0.2) is 0 Å². The molecule has 1 amide bonds. The van der Waals surface area contributed by atoms with Crippen molar-refractivity contribution in [1.82, 2.24) is 14.8 Å². The highest BCUT2D eigenvalue weighted by Gasteiger charge is 2.48. The molecule has 2 atom stereocenters. The van der Waals surface area contributed by atoms with Crippen LogP contribution < -0.4 is 0 Å². The summed E-state index contributed by atoms with van der Waals surface area (Å²) in [7, 11) is 1.37. The number of nitrogens with zero attached hydrogens (tertiary/aromatic N) is 3. The van der Waals surface area contributed by atoms with Crippen molar-refractivity contribution in [3.63, 3.8) is 0 Å². The Labute approximate surface area is 220 Å². The molecule has 4 rings (SSSR count). The van der Waals surface area contributed by atoms with Crippen molar-refractivity contribution in [2.24, 2.45) is 5.92 Å². The van der Waals surface area contributed by atoms with Crippen LogP contribution in [0, 0.1) is 5.92 Å². The molecule has 37 heavy (non-hydrogen) atoms. The number of rotatable bonds is 7. The Morgan fingerprint density at radius 2 is 1.81 bits per heavy atom. The fraction of sp³-hybridized carbons (Fsp3) is 0.500. The van der Waals surface area contributed by atoms with Gasteiger partial charge in [-0.15, -0.1) is 0 Å². The average Bonchev–Trinajstić information content (AvgIpc) is 3.65. The molecule has 1 aliphatic heterocycles. The van der Waals surface area contributed by atoms with Gasteiger partial charge < -0.3 is 14.4 Å². The van der Waals surface area contributed by atoms with E-state index in [9.17, 15) is 9.59 Å². The topological polar surface area (TPSA) is 72.0 Å². The van der Waals surface area contributed by atoms with E-state index in [4.69, 9.17) is 9.47 Å². The Hall–Kier alpha value is -3.19. The third-order valence-corrected chi connectivity index (χ3v) is 7.08. The molecule has 198 valence electrons. The molecule has 0 spiro atoms. The number of ether oxygens (including phenoxy) is 2. The first-order valence-corrected chi connectivity index (χ1v) is 13.1. The SMILES string of the molecule is COC(=O)c1ccc(CN2CCC(N(C(=O)OC(C)(C)C)[C@@H]3C[C@H]3/C(C)=C/c3ccccc3)CC2)nc1. The molecule has 1 saturated carbocycles. The van der Waals surface area contributed by atoms with Crippen LogP contribution >= 0.6 is 0 Å². The van der Waals surface area contributed by atoms with Gasteiger partial charge in [0.25, 0.3) is 0 Å². The second-order valence-corrected chi connectivity index (χ2v) is 11.1. The number of benzene rings is 1. The lowest BCUT2D eigenvalue weighted by Gasteiger charge is -2.39. The van der Waals surface area contributed by atoms with Crippen molar-refractivity contribution in [3.8, 4) is 0 Å². The van der Waals surface area contributed by atoms with Crippen LogP contribution in [0.4, 0.5) is 4.79 Å². The monoisotopic (exact) mass is 505 g/mol. The zero-order chi connectivity index (χ0) is 26.6. The molecule has 0 unspecified atom stereocenters. The molecule has 0 radical (unpaired) electrons. The maximum absolute atomic E-state index is 13.4. The molecule has 2 aliphatic rings. The second-order valence-electron chi connectivity index (χ2n) is 11.1. The largest absolute Gasteiger partial charge is 0.465 e. The fourth-order valence-electron chi connectivity index (χ4n) is 5.11. The highest BCUT2D eigenvalue weighted by atomic mass is 16.6. The number of pyridine rings is 1. The first-order chi connectivity index (χ1) is 17.6. The van der Waals surface area contributed by atoms with E-state index in [0.717, 1.165) is 38.0 Å². The summed E-state index contributed by atoms with van der Waals surface area (Å²) in [5.74, 6) is -0.0161. The van der Waals surface area contributed by atoms with Crippen LogP contribution in [-0.2, 0) is 16.0 Å². The van der Waals surface area contributed by atoms with Crippen molar-refractivity contribution in [2.75, 3.05) is 20.2 Å². The number of amides is 1. The number of hydrogen-bond acceptors (Lipinski definition) is 6. The molecule has 0 bridgehead atoms. The van der Waals surface area contributed by atoms with E-state index in [1.807, 2.05) is 49.9 Å². The van der Waals surface area contributed by atoms with E-state index < -0.39 is 5.60 Å². The first kappa shape index (κ1) is 26.9. The third kappa shape index (κ3) is 7.19. The lowest BCUT2D eigenvalue weighted by molar-refractivity contribution is 0.00437. The summed E-state index contributed by atoms with van der Waals surface area (Å²) in [5, 5.41) is 0. The molecule has 0 N–H and O–H groups in total. The molecular weight excluding hydrogens is 466 g/mol. The number of esters is 1. The second kappa shape index (κ2) is 11.5. The van der Waals surface area contributed by atoms with E-state index >= 15 is 0 Å². The number of aromatic nitrogens is 1. The van der Waals surface area contributed by atoms with E-state index in [0.29, 0.717) is 18.0 Å². The molecule has 2 aromatic rings. The quantitative estimate of drug-likeness (QED) is 0.459. The first-order valence-electron chi connectivity index (χ1n) is 13.1. The molecule has 1 aliphatic carbocycles. The van der Waals surface area contributed by atoms with Gasteiger partial charge in [-0.2, -0.15) is 0 Å². The van der Waals surface area contributed by atoms with Gasteiger partial charge in [0.1, 0.15) is 5.60 Å². The van der Waals surface area contributed by atoms with Gasteiger partial charge in [-0.25, -0.2) is 9.59 Å². The van der Waals surface area contributed by atoms with Crippen molar-refractivity contribution in [1.29, 1.82) is 0 Å². The lowest BCUT2D eigenvalue weighted by atomic mass is 10.0. The van der Waals surface area contributed by atoms with Gasteiger partial charge in [-0.3, -0.25) is 9.88 Å². The highest BCUT2D eigenvalue weighted by Crippen LogP contribution is 2.44. The van der Waals surface area contributed by atoms with Crippen LogP contribution in [-0.4, -0.2) is 64.7 Å². The Morgan fingerprint density at radius 1 is 1.11 bits per heavy atom. The van der Waals surface area contributed by atoms with Crippen LogP contribution in [0.25, 0.3) is 6.08 Å². The maximum atomic E-state index is 13.4. The predicted molar refractivity (Wildman–Crippen MR) is 144 cm³/mol. The molecule has 1 saturated heterocycles. The Balaban J connectivity index is 1.40. The van der Waals surface area contributed by atoms with E-state index in [1.165, 1.54) is 18.2 Å². The summed E-state index contributed by atoms with van der Waals surface area (Å²) in [6.07, 6.45) is 6.36. The number of piperidine rings is 1. The Bertz CT molecular complexity index is 1100. The van der Waals surface area contributed by atoms with Crippen LogP contribution in [0.15, 0.2) is 54.2 Å². The van der Waals surface area contributed by atoms with Crippen LogP contribution in [0.2, 0.25) is 0 Å². The van der Waals surface area contributed by atoms with E-state index in [1.54, 1.807) is 12.3 Å². The summed E-state index contributed by atoms with van der Waals surface area (Å²) in [6, 6.07) is 14.3. The standard InChI is InChI=1S/C30H39N3O4/c1-21(17-22-9-7-6-8-10-22)26-18-27(26)33(29(35)37-30(2,3)4)25-13-15-32(16-14-25)20-24-12-11-23(19-31-24)28(34)36-5/h6-12,17,19,25-27H,13-16,18,20H2,1-5H3/b21-17+/t26-,27+/m0/s1. The van der Waals surface area contributed by atoms with Gasteiger partial charge >= 0.3 is 12.1 Å². The van der Waals surface area contributed by atoms with Gasteiger partial charge in [0.2, 0.25) is 0 Å². The zero-order valence-electron chi connectivity index (χ0n) is 22.6. The smallest absolute Gasteiger partial charge is 0.410 e. The van der Waals surface area contributed by atoms with Gasteiger partial charge in [-0.05, 0) is 64.7 Å². The van der Waals surface area contributed by atoms with E-state index in [2.05, 4.69) is 35.0 Å². The number of likely N-dealkylation sites (tertiary alicyclic amines) is 1. The molecule has 7 nitrogen and oxygen atoms in total. The fourth-order valence-corrected chi connectivity index (χ4v) is 5.11. The summed E-state index contributed by atoms with van der Waals surface area (Å²) in [5.41, 5.74) is 3.34. The highest BCUT2D eigenvalue weighted by molar-refractivity contribution is 5.88. The van der Waals surface area contributed by atoms with Gasteiger partial charge in [0, 0.05) is 43.8 Å². The average molecular weight is 506 g/mol. The summed E-state index contributed by atoms with van der Waals surface area (Å²) >= 11 is 0. The summed E-state index contributed by atoms with van der Waals surface area (Å²) in [4.78, 5) is 33.9. The van der Waals surface area contributed by atoms with E-state index in [-0.39, 0.29) is 24.1 Å². The number of methoxy groups -OCH3 is 1. The van der Waals surface area contributed by atoms with Crippen LogP contribution in [0.3, 0.4) is 0 Å². The van der Waals surface area contributed by atoms with Crippen molar-refractivity contribution in [2.45, 2.75) is 71.2 Å². The zero-order valence-corrected chi connectivity index (χ0v) is 22.6. The van der Waals surface area contributed by atoms with Crippen LogP contribution in [0.1, 0.15) is 68.6 Å². The summed E-state index contributed by atoms with van der Waals surface area (Å²) < 4.78 is 10.6. The molecular formula is C30H39N3O4. The normalized spacial score (nSPS) is 20.8. The minimum Gasteiger partial charge on any atom is -0.465 e. The molecule has 2 fully saturated rings. The van der Waals surface area contributed by atoms with Gasteiger partial charge in [0.05, 0.1) is 18.4 Å². The minimum absolute atomic E-state index is 0.153. The maximum Gasteiger partial charge on any atom is 0.410 e. The van der Waals surface area contributed by atoms with Crippen LogP contribution in [0.5, 0.6) is 0 Å². The van der Waals surface area contributed by atoms with Gasteiger partial charge in [-0.1, -0.05) is 42.0 Å². The van der Waals surface area contributed by atoms with Crippen molar-refractivity contribution in [3.05, 3.63) is 71.1 Å². The molecule has 1 aromatic heterocycles. The molecule has 7 heteroatoms. The minimum atomic E-state index is -0.530. The molecule has 2 heterocycles. The lowest BCUT2D eigenvalue weighted by Crippen LogP contribution is -2.50. The number of carbonyl (C=O) groups excluding carboxylic acids is 2. The molecule has 1 aromatic carbocycles. The van der Waals surface area contributed by atoms with Crippen molar-refractivity contribution < 1.29 is 19.1 Å².